The van der Waals surface area contributed by atoms with Gasteiger partial charge in [-0.05, 0) is 53.6 Å². The van der Waals surface area contributed by atoms with Crippen LogP contribution in [0.25, 0.3) is 0 Å². The molecule has 0 aliphatic rings. The number of nitrogens with two attached hydrogens (primary N) is 1. The van der Waals surface area contributed by atoms with Gasteiger partial charge in [-0.2, -0.15) is 11.3 Å². The van der Waals surface area contributed by atoms with Gasteiger partial charge in [-0.15, -0.1) is 0 Å². The highest BCUT2D eigenvalue weighted by Gasteiger charge is 2.15. The Kier molecular flexibility index (Phi) is 5.63. The molecule has 1 aromatic rings. The third kappa shape index (κ3) is 6.20. The molecule has 0 bridgehead atoms. The van der Waals surface area contributed by atoms with Crippen LogP contribution in [0.5, 0.6) is 0 Å². The highest BCUT2D eigenvalue weighted by Crippen LogP contribution is 2.20. The zero-order valence-electron chi connectivity index (χ0n) is 11.5. The highest BCUT2D eigenvalue weighted by atomic mass is 32.1. The van der Waals surface area contributed by atoms with Crippen molar-refractivity contribution in [1.29, 1.82) is 0 Å². The van der Waals surface area contributed by atoms with E-state index in [4.69, 9.17) is 5.73 Å². The molecule has 0 fully saturated rings. The number of rotatable bonds is 6. The molecule has 1 aromatic heterocycles. The largest absolute Gasteiger partial charge is 0.328 e. The van der Waals surface area contributed by atoms with Crippen molar-refractivity contribution in [3.63, 3.8) is 0 Å². The summed E-state index contributed by atoms with van der Waals surface area (Å²) in [5, 5.41) is 7.89. The van der Waals surface area contributed by atoms with E-state index in [1.54, 1.807) is 11.3 Å². The van der Waals surface area contributed by atoms with Crippen molar-refractivity contribution in [2.45, 2.75) is 53.1 Å². The summed E-state index contributed by atoms with van der Waals surface area (Å²) in [6.45, 7) is 10.9. The van der Waals surface area contributed by atoms with E-state index in [9.17, 15) is 0 Å². The molecule has 0 aliphatic carbocycles. The first kappa shape index (κ1) is 14.7. The molecule has 1 rings (SSSR count). The molecule has 2 nitrogen and oxygen atoms in total. The zero-order valence-corrected chi connectivity index (χ0v) is 12.4. The maximum Gasteiger partial charge on any atom is 0.0216 e. The Balaban J connectivity index is 2.14. The Bertz CT molecular complexity index is 325. The minimum Gasteiger partial charge on any atom is -0.328 e. The van der Waals surface area contributed by atoms with Gasteiger partial charge in [0.25, 0.3) is 0 Å². The van der Waals surface area contributed by atoms with Crippen molar-refractivity contribution in [3.8, 4) is 0 Å². The van der Waals surface area contributed by atoms with Gasteiger partial charge >= 0.3 is 0 Å². The monoisotopic (exact) mass is 254 g/mol. The second-order valence-corrected chi connectivity index (χ2v) is 6.81. The summed E-state index contributed by atoms with van der Waals surface area (Å²) in [5.41, 5.74) is 9.25. The molecule has 0 amide bonds. The van der Waals surface area contributed by atoms with Crippen molar-refractivity contribution in [2.75, 3.05) is 6.54 Å². The number of hydrogen-bond acceptors (Lipinski definition) is 3. The van der Waals surface area contributed by atoms with Gasteiger partial charge in [0.2, 0.25) is 0 Å². The fourth-order valence-corrected chi connectivity index (χ4v) is 2.82. The molecular weight excluding hydrogens is 228 g/mol. The van der Waals surface area contributed by atoms with Gasteiger partial charge in [-0.1, -0.05) is 20.8 Å². The average molecular weight is 254 g/mol. The number of aryl methyl sites for hydroxylation is 1. The summed E-state index contributed by atoms with van der Waals surface area (Å²) in [6.07, 6.45) is 2.15. The van der Waals surface area contributed by atoms with Crippen molar-refractivity contribution in [1.82, 2.24) is 5.32 Å². The van der Waals surface area contributed by atoms with E-state index in [1.165, 1.54) is 11.1 Å². The first-order chi connectivity index (χ1) is 7.88. The summed E-state index contributed by atoms with van der Waals surface area (Å²) in [6, 6.07) is 0.311. The molecule has 17 heavy (non-hydrogen) atoms. The second kappa shape index (κ2) is 6.53. The molecule has 3 heteroatoms. The fourth-order valence-electron chi connectivity index (χ4n) is 1.97. The average Bonchev–Trinajstić information content (AvgIpc) is 2.56. The SMILES string of the molecule is Cc1cscc1CNCCC(N)CC(C)(C)C. The van der Waals surface area contributed by atoms with Gasteiger partial charge in [-0.3, -0.25) is 0 Å². The molecule has 0 saturated heterocycles. The lowest BCUT2D eigenvalue weighted by Gasteiger charge is -2.23. The van der Waals surface area contributed by atoms with Gasteiger partial charge in [-0.25, -0.2) is 0 Å². The van der Waals surface area contributed by atoms with Crippen LogP contribution in [0.3, 0.4) is 0 Å². The van der Waals surface area contributed by atoms with Crippen LogP contribution in [0.15, 0.2) is 10.8 Å². The Morgan fingerprint density at radius 3 is 2.59 bits per heavy atom. The molecule has 0 aromatic carbocycles. The Morgan fingerprint density at radius 1 is 1.35 bits per heavy atom. The van der Waals surface area contributed by atoms with Gasteiger partial charge in [0, 0.05) is 12.6 Å². The molecule has 0 spiro atoms. The summed E-state index contributed by atoms with van der Waals surface area (Å²) >= 11 is 1.77. The van der Waals surface area contributed by atoms with Crippen molar-refractivity contribution >= 4 is 11.3 Å². The molecule has 0 radical (unpaired) electrons. The van der Waals surface area contributed by atoms with Gasteiger partial charge < -0.3 is 11.1 Å². The van der Waals surface area contributed by atoms with Gasteiger partial charge in [0.05, 0.1) is 0 Å². The van der Waals surface area contributed by atoms with Crippen LogP contribution < -0.4 is 11.1 Å². The van der Waals surface area contributed by atoms with Crippen LogP contribution in [0.2, 0.25) is 0 Å². The lowest BCUT2D eigenvalue weighted by atomic mass is 9.87. The van der Waals surface area contributed by atoms with Crippen LogP contribution in [-0.4, -0.2) is 12.6 Å². The van der Waals surface area contributed by atoms with Crippen LogP contribution in [-0.2, 0) is 6.54 Å². The van der Waals surface area contributed by atoms with E-state index >= 15 is 0 Å². The predicted molar refractivity (Wildman–Crippen MR) is 77.4 cm³/mol. The van der Waals surface area contributed by atoms with Crippen molar-refractivity contribution in [3.05, 3.63) is 21.9 Å². The number of thiophene rings is 1. The Hall–Kier alpha value is -0.380. The summed E-state index contributed by atoms with van der Waals surface area (Å²) in [4.78, 5) is 0. The quantitative estimate of drug-likeness (QED) is 0.764. The van der Waals surface area contributed by atoms with E-state index < -0.39 is 0 Å². The van der Waals surface area contributed by atoms with Crippen LogP contribution in [0, 0.1) is 12.3 Å². The molecule has 1 unspecified atom stereocenters. The van der Waals surface area contributed by atoms with Crippen LogP contribution in [0.1, 0.15) is 44.7 Å². The molecule has 98 valence electrons. The van der Waals surface area contributed by atoms with E-state index in [-0.39, 0.29) is 0 Å². The maximum atomic E-state index is 6.11. The first-order valence-electron chi connectivity index (χ1n) is 6.36. The topological polar surface area (TPSA) is 38.0 Å². The number of hydrogen-bond donors (Lipinski definition) is 2. The highest BCUT2D eigenvalue weighted by molar-refractivity contribution is 7.08. The molecule has 3 N–H and O–H groups in total. The minimum absolute atomic E-state index is 0.311. The zero-order chi connectivity index (χ0) is 12.9. The van der Waals surface area contributed by atoms with E-state index in [0.29, 0.717) is 11.5 Å². The summed E-state index contributed by atoms with van der Waals surface area (Å²) in [5.74, 6) is 0. The lowest BCUT2D eigenvalue weighted by Crippen LogP contribution is -2.30. The van der Waals surface area contributed by atoms with Crippen LogP contribution >= 0.6 is 11.3 Å². The molecule has 0 aliphatic heterocycles. The summed E-state index contributed by atoms with van der Waals surface area (Å²) < 4.78 is 0. The van der Waals surface area contributed by atoms with Gasteiger partial charge in [0.15, 0.2) is 0 Å². The smallest absolute Gasteiger partial charge is 0.0216 e. The minimum atomic E-state index is 0.311. The van der Waals surface area contributed by atoms with E-state index in [0.717, 1.165) is 25.9 Å². The molecule has 1 atom stereocenters. The number of nitrogens with one attached hydrogen (secondary N) is 1. The Morgan fingerprint density at radius 2 is 2.06 bits per heavy atom. The summed E-state index contributed by atoms with van der Waals surface area (Å²) in [7, 11) is 0. The van der Waals surface area contributed by atoms with E-state index in [2.05, 4.69) is 43.8 Å². The van der Waals surface area contributed by atoms with Gasteiger partial charge in [0.1, 0.15) is 0 Å². The van der Waals surface area contributed by atoms with Crippen molar-refractivity contribution < 1.29 is 0 Å². The van der Waals surface area contributed by atoms with E-state index in [1.807, 2.05) is 0 Å². The van der Waals surface area contributed by atoms with Crippen molar-refractivity contribution in [2.24, 2.45) is 11.1 Å². The third-order valence-corrected chi connectivity index (χ3v) is 3.75. The Labute approximate surface area is 110 Å². The van der Waals surface area contributed by atoms with Crippen LogP contribution in [0.4, 0.5) is 0 Å². The second-order valence-electron chi connectivity index (χ2n) is 6.07. The first-order valence-corrected chi connectivity index (χ1v) is 7.31. The normalized spacial score (nSPS) is 13.9. The lowest BCUT2D eigenvalue weighted by molar-refractivity contribution is 0.329. The third-order valence-electron chi connectivity index (χ3n) is 2.84. The fraction of sp³-hybridized carbons (Fsp3) is 0.714. The molecule has 1 heterocycles. The molecular formula is C14H26N2S. The molecule has 0 saturated carbocycles. The standard InChI is InChI=1S/C14H26N2S/c1-11-9-17-10-12(11)8-16-6-5-13(15)7-14(2,3)4/h9-10,13,16H,5-8,15H2,1-4H3. The predicted octanol–water partition coefficient (Wildman–Crippen LogP) is 3.30. The maximum absolute atomic E-state index is 6.11.